The second-order valence-electron chi connectivity index (χ2n) is 7.55. The van der Waals surface area contributed by atoms with Crippen molar-refractivity contribution in [1.29, 1.82) is 0 Å². The number of likely N-dealkylation sites (tertiary alicyclic amines) is 1. The summed E-state index contributed by atoms with van der Waals surface area (Å²) in [6.45, 7) is 7.00. The molecule has 2 fully saturated rings. The molecule has 0 radical (unpaired) electrons. The third kappa shape index (κ3) is 8.05. The van der Waals surface area contributed by atoms with Crippen LogP contribution in [0.2, 0.25) is 0 Å². The summed E-state index contributed by atoms with van der Waals surface area (Å²) >= 11 is 0. The molecule has 1 heterocycles. The van der Waals surface area contributed by atoms with Crippen LogP contribution in [0.25, 0.3) is 0 Å². The van der Waals surface area contributed by atoms with Gasteiger partial charge in [0, 0.05) is 20.1 Å². The number of halogens is 1. The first-order valence-corrected chi connectivity index (χ1v) is 9.30. The highest BCUT2D eigenvalue weighted by Gasteiger charge is 2.19. The number of hydrogen-bond acceptors (Lipinski definition) is 2. The van der Waals surface area contributed by atoms with E-state index in [2.05, 4.69) is 34.5 Å². The fourth-order valence-electron chi connectivity index (χ4n) is 3.94. The van der Waals surface area contributed by atoms with Crippen molar-refractivity contribution in [2.24, 2.45) is 22.7 Å². The van der Waals surface area contributed by atoms with Crippen LogP contribution in [-0.4, -0.2) is 51.1 Å². The van der Waals surface area contributed by atoms with Gasteiger partial charge in [-0.3, -0.25) is 4.99 Å². The molecule has 0 aromatic rings. The first-order valence-electron chi connectivity index (χ1n) is 9.30. The van der Waals surface area contributed by atoms with Crippen LogP contribution in [0.5, 0.6) is 0 Å². The van der Waals surface area contributed by atoms with Gasteiger partial charge in [-0.05, 0) is 63.6 Å². The molecule has 2 atom stereocenters. The van der Waals surface area contributed by atoms with Gasteiger partial charge in [0.25, 0.3) is 0 Å². The van der Waals surface area contributed by atoms with E-state index in [-0.39, 0.29) is 24.0 Å². The predicted octanol–water partition coefficient (Wildman–Crippen LogP) is 3.33. The molecule has 5 heteroatoms. The molecular formula is C18H37IN4. The third-order valence-electron chi connectivity index (χ3n) is 5.51. The lowest BCUT2D eigenvalue weighted by Gasteiger charge is -2.29. The number of nitrogens with zero attached hydrogens (tertiary/aromatic N) is 2. The Hall–Kier alpha value is -0.0400. The fourth-order valence-corrected chi connectivity index (χ4v) is 3.94. The lowest BCUT2D eigenvalue weighted by molar-refractivity contribution is 0.220. The molecule has 1 aliphatic carbocycles. The largest absolute Gasteiger partial charge is 0.356 e. The van der Waals surface area contributed by atoms with Crippen molar-refractivity contribution < 1.29 is 0 Å². The van der Waals surface area contributed by atoms with Gasteiger partial charge >= 0.3 is 0 Å². The highest BCUT2D eigenvalue weighted by molar-refractivity contribution is 14.0. The van der Waals surface area contributed by atoms with Crippen LogP contribution >= 0.6 is 24.0 Å². The van der Waals surface area contributed by atoms with E-state index in [1.807, 2.05) is 7.05 Å². The highest BCUT2D eigenvalue weighted by Crippen LogP contribution is 2.30. The fraction of sp³-hybridized carbons (Fsp3) is 0.944. The quantitative estimate of drug-likeness (QED) is 0.395. The summed E-state index contributed by atoms with van der Waals surface area (Å²) in [5.41, 5.74) is 0. The third-order valence-corrected chi connectivity index (χ3v) is 5.51. The van der Waals surface area contributed by atoms with Gasteiger partial charge in [-0.1, -0.05) is 26.2 Å². The van der Waals surface area contributed by atoms with Crippen molar-refractivity contribution in [2.75, 3.05) is 40.3 Å². The molecule has 1 saturated heterocycles. The number of guanidine groups is 1. The summed E-state index contributed by atoms with van der Waals surface area (Å²) in [6, 6.07) is 0. The molecule has 23 heavy (non-hydrogen) atoms. The second-order valence-corrected chi connectivity index (χ2v) is 7.55. The number of nitrogens with one attached hydrogen (secondary N) is 2. The van der Waals surface area contributed by atoms with E-state index in [9.17, 15) is 0 Å². The van der Waals surface area contributed by atoms with Crippen LogP contribution in [0.15, 0.2) is 4.99 Å². The Morgan fingerprint density at radius 1 is 1.09 bits per heavy atom. The zero-order chi connectivity index (χ0) is 15.8. The van der Waals surface area contributed by atoms with Crippen molar-refractivity contribution in [3.05, 3.63) is 0 Å². The molecule has 2 aliphatic rings. The SMILES string of the molecule is CN=C(NCCC1CCCC(C)C1)NCC1CCN(C)CC1.I. The first kappa shape index (κ1) is 21.0. The minimum absolute atomic E-state index is 0. The van der Waals surface area contributed by atoms with Crippen molar-refractivity contribution in [1.82, 2.24) is 15.5 Å². The minimum Gasteiger partial charge on any atom is -0.356 e. The van der Waals surface area contributed by atoms with Gasteiger partial charge in [-0.25, -0.2) is 0 Å². The van der Waals surface area contributed by atoms with E-state index in [0.717, 1.165) is 36.8 Å². The molecule has 1 saturated carbocycles. The van der Waals surface area contributed by atoms with Gasteiger partial charge in [0.15, 0.2) is 5.96 Å². The van der Waals surface area contributed by atoms with E-state index in [1.54, 1.807) is 0 Å². The van der Waals surface area contributed by atoms with Gasteiger partial charge in [0.1, 0.15) is 0 Å². The summed E-state index contributed by atoms with van der Waals surface area (Å²) in [6.07, 6.45) is 9.61. The van der Waals surface area contributed by atoms with Gasteiger partial charge in [0.2, 0.25) is 0 Å². The van der Waals surface area contributed by atoms with E-state index < -0.39 is 0 Å². The summed E-state index contributed by atoms with van der Waals surface area (Å²) in [5.74, 6) is 3.64. The minimum atomic E-state index is 0. The first-order chi connectivity index (χ1) is 10.7. The molecule has 2 unspecified atom stereocenters. The molecule has 0 bridgehead atoms. The van der Waals surface area contributed by atoms with Crippen LogP contribution in [-0.2, 0) is 0 Å². The Kier molecular flexibility index (Phi) is 10.5. The molecule has 0 spiro atoms. The highest BCUT2D eigenvalue weighted by atomic mass is 127. The molecule has 0 amide bonds. The van der Waals surface area contributed by atoms with Crippen molar-refractivity contribution in [3.8, 4) is 0 Å². The second kappa shape index (κ2) is 11.5. The maximum Gasteiger partial charge on any atom is 0.190 e. The van der Waals surface area contributed by atoms with Crippen LogP contribution in [0.3, 0.4) is 0 Å². The van der Waals surface area contributed by atoms with Crippen LogP contribution in [0.1, 0.15) is 51.9 Å². The Morgan fingerprint density at radius 3 is 2.48 bits per heavy atom. The van der Waals surface area contributed by atoms with Gasteiger partial charge in [0.05, 0.1) is 0 Å². The van der Waals surface area contributed by atoms with Gasteiger partial charge in [-0.15, -0.1) is 24.0 Å². The maximum absolute atomic E-state index is 4.37. The van der Waals surface area contributed by atoms with E-state index in [1.165, 1.54) is 58.0 Å². The van der Waals surface area contributed by atoms with Crippen LogP contribution in [0, 0.1) is 17.8 Å². The number of rotatable bonds is 5. The van der Waals surface area contributed by atoms with E-state index >= 15 is 0 Å². The molecule has 2 rings (SSSR count). The maximum atomic E-state index is 4.37. The Balaban J connectivity index is 0.00000264. The summed E-state index contributed by atoms with van der Waals surface area (Å²) in [5, 5.41) is 7.03. The van der Waals surface area contributed by atoms with E-state index in [4.69, 9.17) is 0 Å². The Morgan fingerprint density at radius 2 is 1.83 bits per heavy atom. The standard InChI is InChI=1S/C18H36N4.HI/c1-15-5-4-6-16(13-15)7-10-20-18(19-2)21-14-17-8-11-22(3)12-9-17;/h15-17H,4-14H2,1-3H3,(H2,19,20,21);1H. The molecule has 0 aromatic carbocycles. The topological polar surface area (TPSA) is 39.7 Å². The summed E-state index contributed by atoms with van der Waals surface area (Å²) in [4.78, 5) is 6.79. The molecule has 2 N–H and O–H groups in total. The molecular weight excluding hydrogens is 399 g/mol. The molecule has 136 valence electrons. The number of piperidine rings is 1. The van der Waals surface area contributed by atoms with Gasteiger partial charge < -0.3 is 15.5 Å². The molecule has 4 nitrogen and oxygen atoms in total. The lowest BCUT2D eigenvalue weighted by Crippen LogP contribution is -2.42. The summed E-state index contributed by atoms with van der Waals surface area (Å²) in [7, 11) is 4.10. The van der Waals surface area contributed by atoms with Crippen LogP contribution in [0.4, 0.5) is 0 Å². The monoisotopic (exact) mass is 436 g/mol. The predicted molar refractivity (Wildman–Crippen MR) is 111 cm³/mol. The van der Waals surface area contributed by atoms with Crippen LogP contribution < -0.4 is 10.6 Å². The van der Waals surface area contributed by atoms with Gasteiger partial charge in [-0.2, -0.15) is 0 Å². The lowest BCUT2D eigenvalue weighted by atomic mass is 9.81. The van der Waals surface area contributed by atoms with Crippen molar-refractivity contribution in [2.45, 2.75) is 51.9 Å². The molecule has 1 aliphatic heterocycles. The Labute approximate surface area is 160 Å². The average Bonchev–Trinajstić information content (AvgIpc) is 2.52. The van der Waals surface area contributed by atoms with Crippen molar-refractivity contribution >= 4 is 29.9 Å². The smallest absolute Gasteiger partial charge is 0.190 e. The number of hydrogen-bond donors (Lipinski definition) is 2. The molecule has 0 aromatic heterocycles. The number of aliphatic imine (C=N–C) groups is 1. The summed E-state index contributed by atoms with van der Waals surface area (Å²) < 4.78 is 0. The average molecular weight is 436 g/mol. The zero-order valence-electron chi connectivity index (χ0n) is 15.3. The Bertz CT molecular complexity index is 340. The van der Waals surface area contributed by atoms with Crippen molar-refractivity contribution in [3.63, 3.8) is 0 Å². The normalized spacial score (nSPS) is 27.3. The zero-order valence-corrected chi connectivity index (χ0v) is 17.6. The van der Waals surface area contributed by atoms with E-state index in [0.29, 0.717) is 0 Å².